The Bertz CT molecular complexity index is 3450. The zero-order chi connectivity index (χ0) is 46.2. The first-order valence-corrected chi connectivity index (χ1v) is 24.7. The van der Waals surface area contributed by atoms with Crippen LogP contribution in [0.3, 0.4) is 0 Å². The molecule has 0 N–H and O–H groups in total. The van der Waals surface area contributed by atoms with E-state index in [-0.39, 0.29) is 5.41 Å². The first kappa shape index (κ1) is 40.7. The predicted octanol–water partition coefficient (Wildman–Crippen LogP) is 14.5. The summed E-state index contributed by atoms with van der Waals surface area (Å²) >= 11 is 0. The molecule has 0 amide bonds. The minimum Gasteiger partial charge on any atom is -0.255 e. The van der Waals surface area contributed by atoms with E-state index < -0.39 is 0 Å². The van der Waals surface area contributed by atoms with Crippen molar-refractivity contribution in [1.29, 1.82) is 0 Å². The Hall–Kier alpha value is -8.29. The molecule has 7 heteroatoms. The minimum atomic E-state index is -0.00642. The second kappa shape index (κ2) is 16.4. The molecule has 0 saturated heterocycles. The van der Waals surface area contributed by atoms with E-state index in [9.17, 15) is 0 Å². The van der Waals surface area contributed by atoms with Gasteiger partial charge in [-0.3, -0.25) is 4.98 Å². The van der Waals surface area contributed by atoms with E-state index in [4.69, 9.17) is 34.9 Å². The Kier molecular flexibility index (Phi) is 9.58. The molecule has 3 aromatic heterocycles. The third kappa shape index (κ3) is 6.82. The van der Waals surface area contributed by atoms with Gasteiger partial charge in [0.2, 0.25) is 0 Å². The van der Waals surface area contributed by atoms with E-state index in [0.717, 1.165) is 62.0 Å². The van der Waals surface area contributed by atoms with Crippen molar-refractivity contribution in [3.05, 3.63) is 211 Å². The molecule has 4 saturated carbocycles. The summed E-state index contributed by atoms with van der Waals surface area (Å²) < 4.78 is 0. The highest BCUT2D eigenvalue weighted by molar-refractivity contribution is 5.88. The quantitative estimate of drug-likeness (QED) is 0.150. The van der Waals surface area contributed by atoms with Crippen LogP contribution in [0.5, 0.6) is 0 Å². The van der Waals surface area contributed by atoms with Crippen LogP contribution < -0.4 is 0 Å². The average Bonchev–Trinajstić information content (AvgIpc) is 3.72. The standard InChI is InChI=1S/C63H47N7/c1-5-14-41(15-6-1)57-65-58(42-16-7-2-8-17-42)68-61(67-57)48-23-13-22-45(35-48)46-25-28-54-53(36-46)52-27-24-47(37-55(52)63(54)50-31-39-30-40(33-50)34-51(63)32-39)56-29-26-49(38-64-56)62-69-59(43-18-9-3-10-19-43)66-60(70-62)44-20-11-4-12-21-44/h1-29,35-40,50-51H,30-34H2. The lowest BCUT2D eigenvalue weighted by Gasteiger charge is -2.61. The number of benzene rings is 7. The average molecular weight is 902 g/mol. The van der Waals surface area contributed by atoms with Crippen LogP contribution in [0.15, 0.2) is 200 Å². The lowest BCUT2D eigenvalue weighted by atomic mass is 9.43. The number of fused-ring (bicyclic) bond motifs is 3. The van der Waals surface area contributed by atoms with Crippen LogP contribution in [-0.4, -0.2) is 34.9 Å². The Morgan fingerprint density at radius 2 is 0.729 bits per heavy atom. The van der Waals surface area contributed by atoms with Crippen molar-refractivity contribution in [1.82, 2.24) is 34.9 Å². The highest BCUT2D eigenvalue weighted by Gasteiger charge is 2.61. The Morgan fingerprint density at radius 3 is 1.23 bits per heavy atom. The van der Waals surface area contributed by atoms with Crippen molar-refractivity contribution in [2.24, 2.45) is 23.7 Å². The Labute approximate surface area is 407 Å². The summed E-state index contributed by atoms with van der Waals surface area (Å²) in [5.41, 5.74) is 15.8. The zero-order valence-corrected chi connectivity index (χ0v) is 38.5. The zero-order valence-electron chi connectivity index (χ0n) is 38.5. The van der Waals surface area contributed by atoms with Gasteiger partial charge in [0.05, 0.1) is 5.69 Å². The summed E-state index contributed by atoms with van der Waals surface area (Å²) in [5, 5.41) is 0. The van der Waals surface area contributed by atoms with Crippen LogP contribution in [0, 0.1) is 23.7 Å². The summed E-state index contributed by atoms with van der Waals surface area (Å²) in [6.07, 6.45) is 8.60. The van der Waals surface area contributed by atoms with Gasteiger partial charge < -0.3 is 0 Å². The van der Waals surface area contributed by atoms with Crippen molar-refractivity contribution >= 4 is 0 Å². The predicted molar refractivity (Wildman–Crippen MR) is 278 cm³/mol. The molecule has 0 aliphatic heterocycles. The summed E-state index contributed by atoms with van der Waals surface area (Å²) in [5.74, 6) is 6.82. The Balaban J connectivity index is 0.846. The fraction of sp³-hybridized carbons (Fsp3) is 0.159. The monoisotopic (exact) mass is 901 g/mol. The van der Waals surface area contributed by atoms with Gasteiger partial charge >= 0.3 is 0 Å². The molecular weight excluding hydrogens is 855 g/mol. The summed E-state index contributed by atoms with van der Waals surface area (Å²) in [4.78, 5) is 35.1. The molecule has 10 aromatic rings. The normalized spacial score (nSPS) is 20.3. The third-order valence-corrected chi connectivity index (χ3v) is 15.8. The molecule has 70 heavy (non-hydrogen) atoms. The van der Waals surface area contributed by atoms with Crippen LogP contribution in [0.25, 0.3) is 102 Å². The topological polar surface area (TPSA) is 90.2 Å². The van der Waals surface area contributed by atoms with Gasteiger partial charge in [0, 0.05) is 50.6 Å². The molecular formula is C63H47N7. The van der Waals surface area contributed by atoms with Crippen molar-refractivity contribution in [3.63, 3.8) is 0 Å². The van der Waals surface area contributed by atoms with Gasteiger partial charge in [-0.25, -0.2) is 29.9 Å². The van der Waals surface area contributed by atoms with Gasteiger partial charge in [-0.1, -0.05) is 164 Å². The molecule has 0 radical (unpaired) electrons. The number of hydrogen-bond acceptors (Lipinski definition) is 7. The van der Waals surface area contributed by atoms with E-state index in [0.29, 0.717) is 46.8 Å². The van der Waals surface area contributed by atoms with E-state index in [1.165, 1.54) is 59.9 Å². The molecule has 1 spiro atoms. The van der Waals surface area contributed by atoms with Gasteiger partial charge in [0.15, 0.2) is 34.9 Å². The van der Waals surface area contributed by atoms with Gasteiger partial charge in [0.1, 0.15) is 0 Å². The molecule has 5 aliphatic carbocycles. The second-order valence-corrected chi connectivity index (χ2v) is 19.8. The van der Waals surface area contributed by atoms with Crippen molar-refractivity contribution < 1.29 is 0 Å². The largest absolute Gasteiger partial charge is 0.255 e. The van der Waals surface area contributed by atoms with Crippen molar-refractivity contribution in [2.45, 2.75) is 37.5 Å². The number of hydrogen-bond donors (Lipinski definition) is 0. The summed E-state index contributed by atoms with van der Waals surface area (Å²) in [7, 11) is 0. The van der Waals surface area contributed by atoms with E-state index >= 15 is 0 Å². The van der Waals surface area contributed by atoms with Gasteiger partial charge in [0.25, 0.3) is 0 Å². The van der Waals surface area contributed by atoms with Crippen LogP contribution in [0.4, 0.5) is 0 Å². The molecule has 334 valence electrons. The number of pyridine rings is 1. The Morgan fingerprint density at radius 1 is 0.300 bits per heavy atom. The lowest BCUT2D eigenvalue weighted by molar-refractivity contribution is -0.0399. The second-order valence-electron chi connectivity index (χ2n) is 19.8. The number of rotatable bonds is 8. The first-order chi connectivity index (χ1) is 34.6. The molecule has 0 atom stereocenters. The van der Waals surface area contributed by atoms with Crippen LogP contribution in [-0.2, 0) is 5.41 Å². The van der Waals surface area contributed by atoms with E-state index in [2.05, 4.69) is 97.1 Å². The van der Waals surface area contributed by atoms with Gasteiger partial charge in [-0.05, 0) is 119 Å². The molecule has 0 unspecified atom stereocenters. The third-order valence-electron chi connectivity index (χ3n) is 15.8. The molecule has 3 heterocycles. The molecule has 4 fully saturated rings. The molecule has 4 bridgehead atoms. The highest BCUT2D eigenvalue weighted by Crippen LogP contribution is 2.69. The molecule has 15 rings (SSSR count). The smallest absolute Gasteiger partial charge is 0.165 e. The molecule has 7 aromatic carbocycles. The summed E-state index contributed by atoms with van der Waals surface area (Å²) in [6.45, 7) is 0. The van der Waals surface area contributed by atoms with Crippen molar-refractivity contribution in [3.8, 4) is 102 Å². The number of aromatic nitrogens is 7. The van der Waals surface area contributed by atoms with Crippen LogP contribution >= 0.6 is 0 Å². The maximum atomic E-state index is 5.15. The van der Waals surface area contributed by atoms with Crippen molar-refractivity contribution in [2.75, 3.05) is 0 Å². The lowest BCUT2D eigenvalue weighted by Crippen LogP contribution is -2.55. The van der Waals surface area contributed by atoms with E-state index in [1.807, 2.05) is 103 Å². The first-order valence-electron chi connectivity index (χ1n) is 24.7. The maximum Gasteiger partial charge on any atom is 0.165 e. The number of nitrogens with zero attached hydrogens (tertiary/aromatic N) is 7. The fourth-order valence-electron chi connectivity index (χ4n) is 13.0. The van der Waals surface area contributed by atoms with E-state index in [1.54, 1.807) is 0 Å². The minimum absolute atomic E-state index is 0.00642. The van der Waals surface area contributed by atoms with Gasteiger partial charge in [-0.2, -0.15) is 0 Å². The molecule has 5 aliphatic rings. The molecule has 7 nitrogen and oxygen atoms in total. The van der Waals surface area contributed by atoms with Crippen LogP contribution in [0.2, 0.25) is 0 Å². The highest BCUT2D eigenvalue weighted by atomic mass is 15.0. The van der Waals surface area contributed by atoms with Crippen LogP contribution in [0.1, 0.15) is 43.2 Å². The van der Waals surface area contributed by atoms with Gasteiger partial charge in [-0.15, -0.1) is 0 Å². The SMILES string of the molecule is c1ccc(-c2nc(-c3ccccc3)nc(-c3ccc(-c4ccc5c(c4)C4(c6ccc(-c7cccc(-c8nc(-c9ccccc9)nc(-c9ccccc9)n8)c7)cc6-5)C5CC6CC(C5)CC4C6)nc3)n2)cc1. The summed E-state index contributed by atoms with van der Waals surface area (Å²) in [6, 6.07) is 68.1. The maximum absolute atomic E-state index is 5.15. The fourth-order valence-corrected chi connectivity index (χ4v) is 13.0.